The highest BCUT2D eigenvalue weighted by Gasteiger charge is 2.12. The van der Waals surface area contributed by atoms with Crippen LogP contribution in [0.1, 0.15) is 9.67 Å². The monoisotopic (exact) mass is 436 g/mol. The topological polar surface area (TPSA) is 51.2 Å². The Hall–Kier alpha value is -3.96. The number of hydrogen-bond donors (Lipinski definition) is 1. The fraction of sp³-hybridized carbons (Fsp3) is 0.0370. The molecule has 5 heteroatoms. The molecule has 0 bridgehead atoms. The van der Waals surface area contributed by atoms with Gasteiger partial charge in [-0.2, -0.15) is 0 Å². The zero-order valence-electron chi connectivity index (χ0n) is 17.4. The number of nitrogens with zero attached hydrogens (tertiary/aromatic N) is 1. The molecule has 0 saturated carbocycles. The summed E-state index contributed by atoms with van der Waals surface area (Å²) in [4.78, 5) is 18.3. The highest BCUT2D eigenvalue weighted by molar-refractivity contribution is 7.20. The molecule has 5 rings (SSSR count). The molecule has 1 amide bonds. The Kier molecular flexibility index (Phi) is 5.40. The van der Waals surface area contributed by atoms with Gasteiger partial charge in [0, 0.05) is 21.5 Å². The smallest absolute Gasteiger partial charge is 0.265 e. The third-order valence-corrected chi connectivity index (χ3v) is 6.31. The van der Waals surface area contributed by atoms with Crippen LogP contribution in [0.4, 0.5) is 5.69 Å². The number of nitrogens with one attached hydrogen (secondary N) is 1. The molecule has 1 N–H and O–H groups in total. The zero-order valence-corrected chi connectivity index (χ0v) is 18.2. The van der Waals surface area contributed by atoms with Gasteiger partial charge in [-0.3, -0.25) is 4.79 Å². The molecule has 0 spiro atoms. The molecule has 0 aliphatic heterocycles. The van der Waals surface area contributed by atoms with Crippen molar-refractivity contribution in [3.8, 4) is 28.3 Å². The molecule has 0 aliphatic rings. The van der Waals surface area contributed by atoms with Crippen LogP contribution in [0.15, 0.2) is 97.1 Å². The fourth-order valence-electron chi connectivity index (χ4n) is 3.64. The van der Waals surface area contributed by atoms with Crippen molar-refractivity contribution in [3.05, 3.63) is 102 Å². The predicted molar refractivity (Wildman–Crippen MR) is 131 cm³/mol. The number of fused-ring (bicyclic) bond motifs is 1. The maximum Gasteiger partial charge on any atom is 0.265 e. The van der Waals surface area contributed by atoms with Crippen molar-refractivity contribution >= 4 is 33.0 Å². The maximum atomic E-state index is 12.8. The van der Waals surface area contributed by atoms with Crippen LogP contribution in [0.3, 0.4) is 0 Å². The summed E-state index contributed by atoms with van der Waals surface area (Å²) in [6.45, 7) is 0. The van der Waals surface area contributed by atoms with Crippen LogP contribution in [0.5, 0.6) is 5.75 Å². The van der Waals surface area contributed by atoms with E-state index in [9.17, 15) is 4.79 Å². The van der Waals surface area contributed by atoms with Gasteiger partial charge in [0.25, 0.3) is 5.91 Å². The number of aromatic nitrogens is 1. The van der Waals surface area contributed by atoms with Gasteiger partial charge in [0.2, 0.25) is 0 Å². The Balaban J connectivity index is 1.42. The summed E-state index contributed by atoms with van der Waals surface area (Å²) in [6.07, 6.45) is 0. The number of anilines is 1. The molecule has 0 saturated heterocycles. The van der Waals surface area contributed by atoms with Crippen LogP contribution in [0.25, 0.3) is 32.6 Å². The van der Waals surface area contributed by atoms with Crippen molar-refractivity contribution in [2.45, 2.75) is 0 Å². The van der Waals surface area contributed by atoms with E-state index in [-0.39, 0.29) is 5.91 Å². The van der Waals surface area contributed by atoms with Crippen LogP contribution in [-0.4, -0.2) is 18.0 Å². The highest BCUT2D eigenvalue weighted by Crippen LogP contribution is 2.31. The van der Waals surface area contributed by atoms with Crippen molar-refractivity contribution in [1.29, 1.82) is 0 Å². The first-order valence-electron chi connectivity index (χ1n) is 10.2. The zero-order chi connectivity index (χ0) is 21.9. The highest BCUT2D eigenvalue weighted by atomic mass is 32.1. The summed E-state index contributed by atoms with van der Waals surface area (Å²) < 4.78 is 6.59. The van der Waals surface area contributed by atoms with E-state index in [1.54, 1.807) is 7.11 Å². The molecular formula is C27H20N2O2S. The van der Waals surface area contributed by atoms with Gasteiger partial charge in [-0.15, -0.1) is 11.3 Å². The van der Waals surface area contributed by atoms with E-state index in [0.29, 0.717) is 4.88 Å². The lowest BCUT2D eigenvalue weighted by atomic mass is 10.1. The van der Waals surface area contributed by atoms with E-state index < -0.39 is 0 Å². The largest absolute Gasteiger partial charge is 0.496 e. The summed E-state index contributed by atoms with van der Waals surface area (Å²) in [5.41, 5.74) is 4.25. The van der Waals surface area contributed by atoms with Gasteiger partial charge in [-0.25, -0.2) is 4.98 Å². The van der Waals surface area contributed by atoms with Crippen LogP contribution in [-0.2, 0) is 0 Å². The maximum absolute atomic E-state index is 12.8. The Bertz CT molecular complexity index is 1390. The molecule has 3 aromatic carbocycles. The molecule has 4 nitrogen and oxygen atoms in total. The first-order valence-corrected chi connectivity index (χ1v) is 11.0. The van der Waals surface area contributed by atoms with Gasteiger partial charge in [0.1, 0.15) is 5.75 Å². The molecule has 32 heavy (non-hydrogen) atoms. The second-order valence-electron chi connectivity index (χ2n) is 7.29. The number of hydrogen-bond acceptors (Lipinski definition) is 4. The fourth-order valence-corrected chi connectivity index (χ4v) is 4.60. The molecule has 2 heterocycles. The average molecular weight is 437 g/mol. The van der Waals surface area contributed by atoms with Crippen LogP contribution in [0, 0.1) is 0 Å². The first kappa shape index (κ1) is 20.0. The summed E-state index contributed by atoms with van der Waals surface area (Å²) >= 11 is 1.49. The number of amides is 1. The number of methoxy groups -OCH3 is 1. The van der Waals surface area contributed by atoms with Crippen molar-refractivity contribution in [2.24, 2.45) is 0 Å². The van der Waals surface area contributed by atoms with E-state index in [1.807, 2.05) is 97.1 Å². The number of ether oxygens (including phenoxy) is 1. The van der Waals surface area contributed by atoms with Crippen molar-refractivity contribution in [2.75, 3.05) is 12.4 Å². The Morgan fingerprint density at radius 1 is 0.844 bits per heavy atom. The van der Waals surface area contributed by atoms with Crippen molar-refractivity contribution in [1.82, 2.24) is 4.98 Å². The minimum Gasteiger partial charge on any atom is -0.496 e. The predicted octanol–water partition coefficient (Wildman–Crippen LogP) is 6.89. The molecule has 156 valence electrons. The molecule has 2 aromatic heterocycles. The number of pyridine rings is 1. The summed E-state index contributed by atoms with van der Waals surface area (Å²) in [6, 6.07) is 31.4. The van der Waals surface area contributed by atoms with Crippen molar-refractivity contribution < 1.29 is 9.53 Å². The Labute approximate surface area is 190 Å². The molecule has 0 unspecified atom stereocenters. The van der Waals surface area contributed by atoms with Gasteiger partial charge in [-0.05, 0) is 53.9 Å². The summed E-state index contributed by atoms with van der Waals surface area (Å²) in [5, 5.41) is 4.10. The van der Waals surface area contributed by atoms with Crippen LogP contribution >= 0.6 is 11.3 Å². The number of thiophene rings is 1. The standard InChI is InChI=1S/C27H20N2O2S/c1-31-24-14-4-3-11-21(24)23-13-7-12-22(29-23)18-9-6-10-20(16-18)28-27(30)26-17-19-8-2-5-15-25(19)32-26/h2-17H,1H3,(H,28,30). The summed E-state index contributed by atoms with van der Waals surface area (Å²) in [7, 11) is 1.66. The van der Waals surface area contributed by atoms with Crippen LogP contribution < -0.4 is 10.1 Å². The molecule has 0 fully saturated rings. The minimum absolute atomic E-state index is 0.112. The third-order valence-electron chi connectivity index (χ3n) is 5.20. The molecule has 5 aromatic rings. The molecule has 0 radical (unpaired) electrons. The Morgan fingerprint density at radius 3 is 2.50 bits per heavy atom. The average Bonchev–Trinajstić information content (AvgIpc) is 3.29. The molecule has 0 aliphatic carbocycles. The van der Waals surface area contributed by atoms with E-state index in [1.165, 1.54) is 11.3 Å². The molecular weight excluding hydrogens is 416 g/mol. The number of carbonyl (C=O) groups excluding carboxylic acids is 1. The molecule has 0 atom stereocenters. The first-order chi connectivity index (χ1) is 15.7. The number of rotatable bonds is 5. The summed E-state index contributed by atoms with van der Waals surface area (Å²) in [5.74, 6) is 0.667. The second-order valence-corrected chi connectivity index (χ2v) is 8.38. The lowest BCUT2D eigenvalue weighted by Gasteiger charge is -2.10. The minimum atomic E-state index is -0.112. The van der Waals surface area contributed by atoms with Crippen molar-refractivity contribution in [3.63, 3.8) is 0 Å². The SMILES string of the molecule is COc1ccccc1-c1cccc(-c2cccc(NC(=O)c3cc4ccccc4s3)c2)n1. The van der Waals surface area contributed by atoms with Gasteiger partial charge >= 0.3 is 0 Å². The van der Waals surface area contributed by atoms with Gasteiger partial charge in [0.05, 0.1) is 23.4 Å². The van der Waals surface area contributed by atoms with E-state index in [0.717, 1.165) is 44.0 Å². The third kappa shape index (κ3) is 3.98. The van der Waals surface area contributed by atoms with Gasteiger partial charge in [0.15, 0.2) is 0 Å². The lowest BCUT2D eigenvalue weighted by molar-refractivity contribution is 0.103. The van der Waals surface area contributed by atoms with Crippen LogP contribution in [0.2, 0.25) is 0 Å². The van der Waals surface area contributed by atoms with E-state index in [4.69, 9.17) is 9.72 Å². The normalized spacial score (nSPS) is 10.8. The lowest BCUT2D eigenvalue weighted by Crippen LogP contribution is -2.10. The van der Waals surface area contributed by atoms with Gasteiger partial charge < -0.3 is 10.1 Å². The van der Waals surface area contributed by atoms with Gasteiger partial charge in [-0.1, -0.05) is 48.5 Å². The Morgan fingerprint density at radius 2 is 1.62 bits per heavy atom. The number of carbonyl (C=O) groups is 1. The number of para-hydroxylation sites is 1. The second kappa shape index (κ2) is 8.65. The number of benzene rings is 3. The van der Waals surface area contributed by atoms with E-state index in [2.05, 4.69) is 5.32 Å². The quantitative estimate of drug-likeness (QED) is 0.326. The van der Waals surface area contributed by atoms with E-state index >= 15 is 0 Å².